The highest BCUT2D eigenvalue weighted by atomic mass is 16.2. The minimum absolute atomic E-state index is 0.110. The first kappa shape index (κ1) is 16.1. The zero-order valence-electron chi connectivity index (χ0n) is 15.0. The predicted octanol–water partition coefficient (Wildman–Crippen LogP) is 3.77. The lowest BCUT2D eigenvalue weighted by Crippen LogP contribution is -2.49. The molecule has 1 aromatic heterocycles. The van der Waals surface area contributed by atoms with Gasteiger partial charge >= 0.3 is 0 Å². The van der Waals surface area contributed by atoms with Gasteiger partial charge in [0, 0.05) is 24.1 Å². The number of aromatic amines is 1. The normalized spacial score (nSPS) is 21.4. The summed E-state index contributed by atoms with van der Waals surface area (Å²) in [5.41, 5.74) is 5.83. The molecule has 2 atom stereocenters. The summed E-state index contributed by atoms with van der Waals surface area (Å²) in [5, 5.41) is 9.16. The average Bonchev–Trinajstić information content (AvgIpc) is 3.20. The molecule has 1 N–H and O–H groups in total. The molecule has 1 saturated heterocycles. The van der Waals surface area contributed by atoms with Gasteiger partial charge in [-0.3, -0.25) is 4.79 Å². The quantitative estimate of drug-likeness (QED) is 0.721. The molecule has 3 aromatic rings. The first-order chi connectivity index (χ1) is 13.2. The minimum Gasteiger partial charge on any atom is -0.345 e. The topological polar surface area (TPSA) is 72.8 Å². The predicted molar refractivity (Wildman–Crippen MR) is 102 cm³/mol. The van der Waals surface area contributed by atoms with E-state index in [0.717, 1.165) is 54.4 Å². The van der Waals surface area contributed by atoms with Gasteiger partial charge in [0.1, 0.15) is 0 Å². The van der Waals surface area contributed by atoms with E-state index in [2.05, 4.69) is 27.0 Å². The van der Waals surface area contributed by atoms with Crippen molar-refractivity contribution >= 4 is 16.9 Å². The van der Waals surface area contributed by atoms with Crippen LogP contribution in [0, 0.1) is 11.3 Å². The molecule has 2 heterocycles. The number of fused-ring (bicyclic) bond motifs is 4. The fourth-order valence-corrected chi connectivity index (χ4v) is 4.82. The molecule has 27 heavy (non-hydrogen) atoms. The van der Waals surface area contributed by atoms with Crippen LogP contribution in [0.15, 0.2) is 42.7 Å². The van der Waals surface area contributed by atoms with Crippen molar-refractivity contribution in [3.8, 4) is 6.07 Å². The molecule has 0 unspecified atom stereocenters. The summed E-state index contributed by atoms with van der Waals surface area (Å²) >= 11 is 0. The SMILES string of the molecule is N#Cc1ccc2c(c1)CC[C@@H]1[C@H]2CCCN1C(=O)c1ccc2nc[nH]c2c1. The number of aromatic nitrogens is 2. The van der Waals surface area contributed by atoms with Crippen LogP contribution in [-0.4, -0.2) is 33.4 Å². The summed E-state index contributed by atoms with van der Waals surface area (Å²) in [6.07, 6.45) is 5.66. The Morgan fingerprint density at radius 1 is 1.22 bits per heavy atom. The van der Waals surface area contributed by atoms with Crippen LogP contribution in [0.4, 0.5) is 0 Å². The number of rotatable bonds is 1. The van der Waals surface area contributed by atoms with E-state index in [9.17, 15) is 4.79 Å². The lowest BCUT2D eigenvalue weighted by Gasteiger charge is -2.45. The van der Waals surface area contributed by atoms with Gasteiger partial charge in [0.2, 0.25) is 0 Å². The van der Waals surface area contributed by atoms with Gasteiger partial charge in [0.05, 0.1) is 29.0 Å². The van der Waals surface area contributed by atoms with E-state index in [-0.39, 0.29) is 11.9 Å². The smallest absolute Gasteiger partial charge is 0.254 e. The number of nitriles is 1. The van der Waals surface area contributed by atoms with Crippen LogP contribution in [0.25, 0.3) is 11.0 Å². The Morgan fingerprint density at radius 3 is 3.04 bits per heavy atom. The lowest BCUT2D eigenvalue weighted by atomic mass is 9.74. The Kier molecular flexibility index (Phi) is 3.71. The van der Waals surface area contributed by atoms with Crippen molar-refractivity contribution in [3.63, 3.8) is 0 Å². The highest BCUT2D eigenvalue weighted by Crippen LogP contribution is 2.41. The molecule has 0 radical (unpaired) electrons. The zero-order chi connectivity index (χ0) is 18.4. The van der Waals surface area contributed by atoms with Gasteiger partial charge in [0.25, 0.3) is 5.91 Å². The van der Waals surface area contributed by atoms with Gasteiger partial charge < -0.3 is 9.88 Å². The maximum atomic E-state index is 13.3. The van der Waals surface area contributed by atoms with Crippen molar-refractivity contribution < 1.29 is 4.79 Å². The second-order valence-corrected chi connectivity index (χ2v) is 7.51. The summed E-state index contributed by atoms with van der Waals surface area (Å²) in [4.78, 5) is 22.7. The molecule has 2 aromatic carbocycles. The third-order valence-corrected chi connectivity index (χ3v) is 6.09. The first-order valence-corrected chi connectivity index (χ1v) is 9.51. The van der Waals surface area contributed by atoms with Crippen LogP contribution < -0.4 is 0 Å². The molecule has 2 aliphatic rings. The number of piperidine rings is 1. The first-order valence-electron chi connectivity index (χ1n) is 9.51. The molecule has 5 heteroatoms. The van der Waals surface area contributed by atoms with Gasteiger partial charge in [-0.1, -0.05) is 6.07 Å². The number of nitrogens with zero attached hydrogens (tertiary/aromatic N) is 3. The molecule has 0 spiro atoms. The Hall–Kier alpha value is -3.13. The zero-order valence-corrected chi connectivity index (χ0v) is 15.0. The van der Waals surface area contributed by atoms with E-state index in [1.807, 2.05) is 30.3 Å². The van der Waals surface area contributed by atoms with Crippen LogP contribution in [0.5, 0.6) is 0 Å². The molecular weight excluding hydrogens is 336 g/mol. The molecule has 1 amide bonds. The lowest BCUT2D eigenvalue weighted by molar-refractivity contribution is 0.0547. The highest BCUT2D eigenvalue weighted by molar-refractivity contribution is 5.97. The Balaban J connectivity index is 1.47. The van der Waals surface area contributed by atoms with Crippen molar-refractivity contribution in [2.75, 3.05) is 6.54 Å². The number of nitrogens with one attached hydrogen (secondary N) is 1. The van der Waals surface area contributed by atoms with Crippen LogP contribution in [-0.2, 0) is 6.42 Å². The fourth-order valence-electron chi connectivity index (χ4n) is 4.82. The van der Waals surface area contributed by atoms with Crippen molar-refractivity contribution in [1.82, 2.24) is 14.9 Å². The summed E-state index contributed by atoms with van der Waals surface area (Å²) in [6, 6.07) is 14.2. The minimum atomic E-state index is 0.110. The highest BCUT2D eigenvalue weighted by Gasteiger charge is 2.38. The van der Waals surface area contributed by atoms with E-state index in [1.165, 1.54) is 11.1 Å². The van der Waals surface area contributed by atoms with Crippen molar-refractivity contribution in [3.05, 3.63) is 65.0 Å². The monoisotopic (exact) mass is 356 g/mol. The van der Waals surface area contributed by atoms with Gasteiger partial charge in [-0.2, -0.15) is 5.26 Å². The summed E-state index contributed by atoms with van der Waals surface area (Å²) in [5.74, 6) is 0.480. The standard InChI is InChI=1S/C22H20N4O/c23-12-14-3-6-17-15(10-14)5-8-21-18(17)2-1-9-26(21)22(27)16-4-7-19-20(11-16)25-13-24-19/h3-4,6-7,10-11,13,18,21H,1-2,5,8-9H2,(H,24,25)/t18-,21+/m0/s1. The van der Waals surface area contributed by atoms with E-state index in [1.54, 1.807) is 6.33 Å². The summed E-state index contributed by atoms with van der Waals surface area (Å²) < 4.78 is 0. The molecule has 134 valence electrons. The van der Waals surface area contributed by atoms with Crippen molar-refractivity contribution in [2.24, 2.45) is 0 Å². The van der Waals surface area contributed by atoms with E-state index >= 15 is 0 Å². The van der Waals surface area contributed by atoms with Crippen molar-refractivity contribution in [1.29, 1.82) is 5.26 Å². The van der Waals surface area contributed by atoms with Crippen LogP contribution in [0.3, 0.4) is 0 Å². The van der Waals surface area contributed by atoms with Gasteiger partial charge in [-0.15, -0.1) is 0 Å². The Labute approximate surface area is 157 Å². The maximum Gasteiger partial charge on any atom is 0.254 e. The van der Waals surface area contributed by atoms with Gasteiger partial charge in [-0.25, -0.2) is 4.98 Å². The summed E-state index contributed by atoms with van der Waals surface area (Å²) in [6.45, 7) is 0.812. The molecule has 0 saturated carbocycles. The number of hydrogen-bond donors (Lipinski definition) is 1. The number of aryl methyl sites for hydroxylation is 1. The second-order valence-electron chi connectivity index (χ2n) is 7.51. The number of H-pyrrole nitrogens is 1. The molecule has 1 aliphatic heterocycles. The fraction of sp³-hybridized carbons (Fsp3) is 0.318. The van der Waals surface area contributed by atoms with Crippen LogP contribution in [0.2, 0.25) is 0 Å². The van der Waals surface area contributed by atoms with Gasteiger partial charge in [-0.05, 0) is 67.1 Å². The molecule has 5 nitrogen and oxygen atoms in total. The number of benzene rings is 2. The molecule has 1 aliphatic carbocycles. The van der Waals surface area contributed by atoms with E-state index in [0.29, 0.717) is 5.92 Å². The van der Waals surface area contributed by atoms with Crippen LogP contribution in [0.1, 0.15) is 52.2 Å². The third kappa shape index (κ3) is 2.60. The molecule has 0 bridgehead atoms. The third-order valence-electron chi connectivity index (χ3n) is 6.09. The Morgan fingerprint density at radius 2 is 2.15 bits per heavy atom. The number of amides is 1. The number of likely N-dealkylation sites (tertiary alicyclic amines) is 1. The maximum absolute atomic E-state index is 13.3. The van der Waals surface area contributed by atoms with Gasteiger partial charge in [0.15, 0.2) is 0 Å². The van der Waals surface area contributed by atoms with Crippen LogP contribution >= 0.6 is 0 Å². The Bertz CT molecular complexity index is 1080. The number of hydrogen-bond acceptors (Lipinski definition) is 3. The molecule has 5 rings (SSSR count). The number of imidazole rings is 1. The van der Waals surface area contributed by atoms with E-state index < -0.39 is 0 Å². The van der Waals surface area contributed by atoms with E-state index in [4.69, 9.17) is 5.26 Å². The second kappa shape index (κ2) is 6.24. The van der Waals surface area contributed by atoms with Crippen molar-refractivity contribution in [2.45, 2.75) is 37.6 Å². The largest absolute Gasteiger partial charge is 0.345 e. The number of carbonyl (C=O) groups is 1. The average molecular weight is 356 g/mol. The number of carbonyl (C=O) groups excluding carboxylic acids is 1. The summed E-state index contributed by atoms with van der Waals surface area (Å²) in [7, 11) is 0. The molecule has 1 fully saturated rings. The molecular formula is C22H20N4O.